The van der Waals surface area contributed by atoms with Crippen molar-refractivity contribution >= 4 is 35.9 Å². The Morgan fingerprint density at radius 1 is 1.50 bits per heavy atom. The molecule has 0 spiro atoms. The fourth-order valence-electron chi connectivity index (χ4n) is 1.66. The normalized spacial score (nSPS) is 11.6. The maximum Gasteiger partial charge on any atom is 0.325 e. The van der Waals surface area contributed by atoms with Crippen LogP contribution in [0.2, 0.25) is 0 Å². The number of ether oxygens (including phenoxy) is 1. The first kappa shape index (κ1) is 20.6. The Kier molecular flexibility index (Phi) is 8.35. The largest absolute Gasteiger partial charge is 0.459 e. The third-order valence-electron chi connectivity index (χ3n) is 2.57. The fourth-order valence-corrected chi connectivity index (χ4v) is 1.66. The molecule has 1 aromatic rings. The zero-order valence-electron chi connectivity index (χ0n) is 14.0. The van der Waals surface area contributed by atoms with Gasteiger partial charge in [-0.1, -0.05) is 0 Å². The van der Waals surface area contributed by atoms with E-state index >= 15 is 0 Å². The van der Waals surface area contributed by atoms with Gasteiger partial charge < -0.3 is 15.0 Å². The quantitative estimate of drug-likeness (QED) is 0.333. The number of carbonyl (C=O) groups excluding carboxylic acids is 1. The lowest BCUT2D eigenvalue weighted by Crippen LogP contribution is -2.42. The van der Waals surface area contributed by atoms with E-state index in [-0.39, 0.29) is 36.5 Å². The standard InChI is InChI=1S/C13H24N6O2.HI/c1-13(2,3)21-11(20)7-15-12(14-4)18(5)8-10-16-9-17-19(10)6;/h9H,7-8H2,1-6H3,(H,14,15);1H. The Balaban J connectivity index is 0.00000441. The highest BCUT2D eigenvalue weighted by molar-refractivity contribution is 14.0. The molecule has 0 aliphatic rings. The summed E-state index contributed by atoms with van der Waals surface area (Å²) < 4.78 is 6.93. The van der Waals surface area contributed by atoms with Crippen LogP contribution in [0.1, 0.15) is 26.6 Å². The number of nitrogens with zero attached hydrogens (tertiary/aromatic N) is 5. The summed E-state index contributed by atoms with van der Waals surface area (Å²) in [7, 11) is 5.34. The molecule has 8 nitrogen and oxygen atoms in total. The molecule has 0 saturated carbocycles. The Morgan fingerprint density at radius 3 is 2.59 bits per heavy atom. The van der Waals surface area contributed by atoms with Gasteiger partial charge in [-0.05, 0) is 20.8 Å². The smallest absolute Gasteiger partial charge is 0.325 e. The zero-order chi connectivity index (χ0) is 16.0. The number of aliphatic imine (C=N–C) groups is 1. The Labute approximate surface area is 148 Å². The first-order valence-corrected chi connectivity index (χ1v) is 6.69. The van der Waals surface area contributed by atoms with E-state index in [4.69, 9.17) is 4.74 Å². The third-order valence-corrected chi connectivity index (χ3v) is 2.57. The maximum atomic E-state index is 11.7. The monoisotopic (exact) mass is 424 g/mol. The predicted octanol–water partition coefficient (Wildman–Crippen LogP) is 0.782. The molecule has 0 bridgehead atoms. The van der Waals surface area contributed by atoms with Crippen molar-refractivity contribution in [2.45, 2.75) is 32.9 Å². The zero-order valence-corrected chi connectivity index (χ0v) is 16.3. The average Bonchev–Trinajstić information content (AvgIpc) is 2.73. The molecule has 0 radical (unpaired) electrons. The molecule has 0 aromatic carbocycles. The number of carbonyl (C=O) groups is 1. The molecule has 0 aliphatic heterocycles. The molecule has 126 valence electrons. The number of esters is 1. The highest BCUT2D eigenvalue weighted by Gasteiger charge is 2.17. The van der Waals surface area contributed by atoms with E-state index in [1.165, 1.54) is 6.33 Å². The van der Waals surface area contributed by atoms with Crippen LogP contribution in [0.4, 0.5) is 0 Å². The lowest BCUT2D eigenvalue weighted by Gasteiger charge is -2.23. The molecule has 9 heteroatoms. The summed E-state index contributed by atoms with van der Waals surface area (Å²) in [6.45, 7) is 6.09. The van der Waals surface area contributed by atoms with Crippen molar-refractivity contribution < 1.29 is 9.53 Å². The predicted molar refractivity (Wildman–Crippen MR) is 95.1 cm³/mol. The highest BCUT2D eigenvalue weighted by atomic mass is 127. The molecule has 0 atom stereocenters. The number of hydrogen-bond acceptors (Lipinski definition) is 5. The van der Waals surface area contributed by atoms with E-state index in [9.17, 15) is 4.79 Å². The summed E-state index contributed by atoms with van der Waals surface area (Å²) in [5, 5.41) is 6.98. The molecule has 0 saturated heterocycles. The fraction of sp³-hybridized carbons (Fsp3) is 0.692. The molecule has 1 N–H and O–H groups in total. The van der Waals surface area contributed by atoms with Crippen molar-refractivity contribution in [1.29, 1.82) is 0 Å². The molecule has 1 aromatic heterocycles. The lowest BCUT2D eigenvalue weighted by molar-refractivity contribution is -0.153. The Bertz CT molecular complexity index is 509. The molecule has 1 heterocycles. The SMILES string of the molecule is CN=C(NCC(=O)OC(C)(C)C)N(C)Cc1ncnn1C.I. The van der Waals surface area contributed by atoms with Crippen molar-refractivity contribution in [2.75, 3.05) is 20.6 Å². The molecule has 0 fully saturated rings. The molecular weight excluding hydrogens is 399 g/mol. The number of aryl methyl sites for hydroxylation is 1. The summed E-state index contributed by atoms with van der Waals surface area (Å²) in [5.74, 6) is 1.07. The summed E-state index contributed by atoms with van der Waals surface area (Å²) in [6, 6.07) is 0. The summed E-state index contributed by atoms with van der Waals surface area (Å²) >= 11 is 0. The van der Waals surface area contributed by atoms with E-state index in [2.05, 4.69) is 20.4 Å². The number of nitrogens with one attached hydrogen (secondary N) is 1. The minimum absolute atomic E-state index is 0. The van der Waals surface area contributed by atoms with Crippen molar-refractivity contribution in [3.63, 3.8) is 0 Å². The highest BCUT2D eigenvalue weighted by Crippen LogP contribution is 2.06. The number of rotatable bonds is 4. The van der Waals surface area contributed by atoms with Gasteiger partial charge in [-0.2, -0.15) is 5.10 Å². The van der Waals surface area contributed by atoms with Crippen molar-refractivity contribution in [3.05, 3.63) is 12.2 Å². The second-order valence-corrected chi connectivity index (χ2v) is 5.64. The maximum absolute atomic E-state index is 11.7. The summed E-state index contributed by atoms with van der Waals surface area (Å²) in [6.07, 6.45) is 1.50. The van der Waals surface area contributed by atoms with Gasteiger partial charge in [0.25, 0.3) is 0 Å². The number of guanidine groups is 1. The average molecular weight is 424 g/mol. The van der Waals surface area contributed by atoms with Gasteiger partial charge in [0.05, 0.1) is 6.54 Å². The van der Waals surface area contributed by atoms with Crippen LogP contribution >= 0.6 is 24.0 Å². The van der Waals surface area contributed by atoms with Crippen LogP contribution < -0.4 is 5.32 Å². The van der Waals surface area contributed by atoms with Crippen LogP contribution in [-0.2, 0) is 23.1 Å². The molecular formula is C13H25IN6O2. The van der Waals surface area contributed by atoms with Gasteiger partial charge in [0.15, 0.2) is 5.96 Å². The van der Waals surface area contributed by atoms with Gasteiger partial charge in [-0.25, -0.2) is 4.98 Å². The van der Waals surface area contributed by atoms with Crippen LogP contribution in [0.25, 0.3) is 0 Å². The van der Waals surface area contributed by atoms with Crippen molar-refractivity contribution in [1.82, 2.24) is 25.0 Å². The van der Waals surface area contributed by atoms with Crippen molar-refractivity contribution in [3.8, 4) is 0 Å². The summed E-state index contributed by atoms with van der Waals surface area (Å²) in [5.41, 5.74) is -0.493. The van der Waals surface area contributed by atoms with Crippen LogP contribution in [0.15, 0.2) is 11.3 Å². The molecule has 1 rings (SSSR count). The third kappa shape index (κ3) is 7.05. The van der Waals surface area contributed by atoms with Gasteiger partial charge in [-0.15, -0.1) is 24.0 Å². The summed E-state index contributed by atoms with van der Waals surface area (Å²) in [4.78, 5) is 21.8. The van der Waals surface area contributed by atoms with Crippen LogP contribution in [0.3, 0.4) is 0 Å². The van der Waals surface area contributed by atoms with Crippen LogP contribution in [-0.4, -0.2) is 57.8 Å². The minimum Gasteiger partial charge on any atom is -0.459 e. The van der Waals surface area contributed by atoms with E-state index in [0.717, 1.165) is 5.82 Å². The van der Waals surface area contributed by atoms with Crippen molar-refractivity contribution in [2.24, 2.45) is 12.0 Å². The Morgan fingerprint density at radius 2 is 2.14 bits per heavy atom. The van der Waals surface area contributed by atoms with E-state index < -0.39 is 5.60 Å². The number of aromatic nitrogens is 3. The molecule has 22 heavy (non-hydrogen) atoms. The van der Waals surface area contributed by atoms with Gasteiger partial charge in [0.1, 0.15) is 24.3 Å². The van der Waals surface area contributed by atoms with Crippen LogP contribution in [0, 0.1) is 0 Å². The van der Waals surface area contributed by atoms with E-state index in [1.54, 1.807) is 11.7 Å². The number of hydrogen-bond donors (Lipinski definition) is 1. The second-order valence-electron chi connectivity index (χ2n) is 5.64. The molecule has 0 aliphatic carbocycles. The first-order valence-electron chi connectivity index (χ1n) is 6.69. The second kappa shape index (κ2) is 8.91. The van der Waals surface area contributed by atoms with Gasteiger partial charge in [-0.3, -0.25) is 14.5 Å². The Hall–Kier alpha value is -1.39. The first-order chi connectivity index (χ1) is 9.73. The van der Waals surface area contributed by atoms with Gasteiger partial charge in [0, 0.05) is 21.1 Å². The van der Waals surface area contributed by atoms with Gasteiger partial charge >= 0.3 is 5.97 Å². The lowest BCUT2D eigenvalue weighted by atomic mass is 10.2. The minimum atomic E-state index is -0.493. The molecule has 0 amide bonds. The topological polar surface area (TPSA) is 84.6 Å². The number of halogens is 1. The van der Waals surface area contributed by atoms with Crippen LogP contribution in [0.5, 0.6) is 0 Å². The van der Waals surface area contributed by atoms with E-state index in [1.807, 2.05) is 39.8 Å². The molecule has 0 unspecified atom stereocenters. The van der Waals surface area contributed by atoms with E-state index in [0.29, 0.717) is 12.5 Å². The van der Waals surface area contributed by atoms with Gasteiger partial charge in [0.2, 0.25) is 0 Å².